The molecule has 1 fully saturated rings. The van der Waals surface area contributed by atoms with Gasteiger partial charge in [-0.15, -0.1) is 5.10 Å². The second-order valence-electron chi connectivity index (χ2n) is 6.51. The van der Waals surface area contributed by atoms with Crippen molar-refractivity contribution in [1.82, 2.24) is 14.8 Å². The van der Waals surface area contributed by atoms with Crippen LogP contribution in [0.5, 0.6) is 5.75 Å². The van der Waals surface area contributed by atoms with Crippen molar-refractivity contribution >= 4 is 23.4 Å². The van der Waals surface area contributed by atoms with Crippen LogP contribution < -0.4 is 15.7 Å². The molecule has 1 aliphatic rings. The highest BCUT2D eigenvalue weighted by atomic mass is 32.2. The molecule has 2 heterocycles. The minimum atomic E-state index is -0.450. The lowest BCUT2D eigenvalue weighted by Crippen LogP contribution is -2.27. The molecule has 0 saturated carbocycles. The number of methoxy groups -OCH3 is 1. The molecule has 1 saturated heterocycles. The number of amides is 1. The van der Waals surface area contributed by atoms with E-state index in [0.717, 1.165) is 25.0 Å². The summed E-state index contributed by atoms with van der Waals surface area (Å²) in [6.07, 6.45) is 1.93. The van der Waals surface area contributed by atoms with Crippen molar-refractivity contribution in [3.63, 3.8) is 0 Å². The van der Waals surface area contributed by atoms with Crippen LogP contribution in [0.1, 0.15) is 25.3 Å². The van der Waals surface area contributed by atoms with E-state index >= 15 is 0 Å². The van der Waals surface area contributed by atoms with Crippen molar-refractivity contribution < 1.29 is 14.3 Å². The smallest absolute Gasteiger partial charge is 0.344 e. The summed E-state index contributed by atoms with van der Waals surface area (Å²) in [6, 6.07) is 5.59. The number of nitrogens with zero attached hydrogens (tertiary/aromatic N) is 2. The van der Waals surface area contributed by atoms with E-state index < -0.39 is 5.25 Å². The first-order valence-corrected chi connectivity index (χ1v) is 9.75. The van der Waals surface area contributed by atoms with E-state index in [0.29, 0.717) is 23.1 Å². The first kappa shape index (κ1) is 19.5. The third-order valence-corrected chi connectivity index (χ3v) is 5.49. The van der Waals surface area contributed by atoms with Gasteiger partial charge < -0.3 is 14.8 Å². The molecule has 0 aliphatic carbocycles. The Labute approximate surface area is 161 Å². The number of nitrogens with one attached hydrogen (secondary N) is 2. The van der Waals surface area contributed by atoms with Crippen LogP contribution in [0.2, 0.25) is 0 Å². The molecule has 8 nitrogen and oxygen atoms in total. The van der Waals surface area contributed by atoms with Crippen LogP contribution >= 0.6 is 11.8 Å². The number of rotatable bonds is 7. The number of aromatic nitrogens is 3. The highest BCUT2D eigenvalue weighted by molar-refractivity contribution is 8.00. The van der Waals surface area contributed by atoms with E-state index in [2.05, 4.69) is 15.5 Å². The number of carbonyl (C=O) groups is 1. The molecule has 0 radical (unpaired) electrons. The average molecular weight is 392 g/mol. The standard InChI is InChI=1S/C18H24N4O4S/c1-11-6-7-15(25-3)14(9-11)19-16(23)12(2)27-18-21-20-17(24)22(18)10-13-5-4-8-26-13/h6-7,9,12-13H,4-5,8,10H2,1-3H3,(H,19,23)(H,20,24)/t12-,13-/m0/s1. The van der Waals surface area contributed by atoms with Gasteiger partial charge in [-0.05, 0) is 44.4 Å². The number of ether oxygens (including phenoxy) is 2. The topological polar surface area (TPSA) is 98.2 Å². The SMILES string of the molecule is COc1ccc(C)cc1NC(=O)[C@H](C)Sc1n[nH]c(=O)n1C[C@@H]1CCCO1. The number of carbonyl (C=O) groups excluding carboxylic acids is 1. The summed E-state index contributed by atoms with van der Waals surface area (Å²) in [6.45, 7) is 4.88. The van der Waals surface area contributed by atoms with E-state index in [1.807, 2.05) is 25.1 Å². The quantitative estimate of drug-likeness (QED) is 0.701. The van der Waals surface area contributed by atoms with Crippen molar-refractivity contribution in [1.29, 1.82) is 0 Å². The molecule has 1 amide bonds. The predicted molar refractivity (Wildman–Crippen MR) is 104 cm³/mol. The zero-order valence-corrected chi connectivity index (χ0v) is 16.5. The van der Waals surface area contributed by atoms with Gasteiger partial charge in [0.1, 0.15) is 5.75 Å². The van der Waals surface area contributed by atoms with Crippen LogP contribution in [0.25, 0.3) is 0 Å². The number of thioether (sulfide) groups is 1. The third-order valence-electron chi connectivity index (χ3n) is 4.40. The summed E-state index contributed by atoms with van der Waals surface area (Å²) < 4.78 is 12.4. The summed E-state index contributed by atoms with van der Waals surface area (Å²) in [7, 11) is 1.56. The van der Waals surface area contributed by atoms with Crippen molar-refractivity contribution in [3.8, 4) is 5.75 Å². The first-order chi connectivity index (χ1) is 13.0. The summed E-state index contributed by atoms with van der Waals surface area (Å²) in [5, 5.41) is 9.44. The Morgan fingerprint density at radius 2 is 2.37 bits per heavy atom. The van der Waals surface area contributed by atoms with Gasteiger partial charge in [0.2, 0.25) is 5.91 Å². The summed E-state index contributed by atoms with van der Waals surface area (Å²) >= 11 is 1.23. The number of benzene rings is 1. The van der Waals surface area contributed by atoms with Crippen molar-refractivity contribution in [2.24, 2.45) is 0 Å². The maximum absolute atomic E-state index is 12.6. The number of aromatic amines is 1. The monoisotopic (exact) mass is 392 g/mol. The van der Waals surface area contributed by atoms with E-state index in [-0.39, 0.29) is 17.7 Å². The Balaban J connectivity index is 1.68. The molecule has 2 atom stereocenters. The molecule has 0 bridgehead atoms. The average Bonchev–Trinajstić information content (AvgIpc) is 3.27. The molecule has 1 aliphatic heterocycles. The lowest BCUT2D eigenvalue weighted by Gasteiger charge is -2.15. The fourth-order valence-electron chi connectivity index (χ4n) is 2.91. The van der Waals surface area contributed by atoms with Gasteiger partial charge >= 0.3 is 5.69 Å². The normalized spacial score (nSPS) is 17.7. The van der Waals surface area contributed by atoms with E-state index in [1.54, 1.807) is 14.0 Å². The fraction of sp³-hybridized carbons (Fsp3) is 0.500. The van der Waals surface area contributed by atoms with Crippen molar-refractivity contribution in [2.75, 3.05) is 19.0 Å². The molecule has 0 spiro atoms. The highest BCUT2D eigenvalue weighted by Gasteiger charge is 2.23. The second kappa shape index (κ2) is 8.62. The molecule has 1 aromatic carbocycles. The van der Waals surface area contributed by atoms with Crippen molar-refractivity contribution in [2.45, 2.75) is 49.7 Å². The van der Waals surface area contributed by atoms with Crippen LogP contribution in [0.15, 0.2) is 28.2 Å². The number of hydrogen-bond acceptors (Lipinski definition) is 6. The Kier molecular flexibility index (Phi) is 6.22. The molecule has 27 heavy (non-hydrogen) atoms. The number of aryl methyl sites for hydroxylation is 1. The summed E-state index contributed by atoms with van der Waals surface area (Å²) in [4.78, 5) is 24.7. The van der Waals surface area contributed by atoms with Crippen LogP contribution in [0.3, 0.4) is 0 Å². The Hall–Kier alpha value is -2.26. The molecular weight excluding hydrogens is 368 g/mol. The second-order valence-corrected chi connectivity index (χ2v) is 7.82. The van der Waals surface area contributed by atoms with E-state index in [4.69, 9.17) is 9.47 Å². The molecule has 2 N–H and O–H groups in total. The summed E-state index contributed by atoms with van der Waals surface area (Å²) in [5.41, 5.74) is 1.35. The van der Waals surface area contributed by atoms with Crippen LogP contribution in [0, 0.1) is 6.92 Å². The van der Waals surface area contributed by atoms with Crippen LogP contribution in [0.4, 0.5) is 5.69 Å². The van der Waals surface area contributed by atoms with Gasteiger partial charge in [-0.2, -0.15) is 0 Å². The van der Waals surface area contributed by atoms with Crippen LogP contribution in [-0.2, 0) is 16.1 Å². The minimum absolute atomic E-state index is 0.0142. The van der Waals surface area contributed by atoms with Gasteiger partial charge in [-0.3, -0.25) is 9.36 Å². The van der Waals surface area contributed by atoms with Gasteiger partial charge in [0.15, 0.2) is 5.16 Å². The first-order valence-electron chi connectivity index (χ1n) is 8.87. The minimum Gasteiger partial charge on any atom is -0.495 e. The number of anilines is 1. The molecule has 0 unspecified atom stereocenters. The maximum atomic E-state index is 12.6. The molecule has 2 aromatic rings. The molecular formula is C18H24N4O4S. The fourth-order valence-corrected chi connectivity index (χ4v) is 3.78. The van der Waals surface area contributed by atoms with Gasteiger partial charge in [0.25, 0.3) is 0 Å². The Morgan fingerprint density at radius 3 is 3.07 bits per heavy atom. The van der Waals surface area contributed by atoms with E-state index in [9.17, 15) is 9.59 Å². The zero-order valence-electron chi connectivity index (χ0n) is 15.7. The lowest BCUT2D eigenvalue weighted by molar-refractivity contribution is -0.115. The molecule has 9 heteroatoms. The lowest BCUT2D eigenvalue weighted by atomic mass is 10.2. The van der Waals surface area contributed by atoms with Gasteiger partial charge in [-0.1, -0.05) is 17.8 Å². The maximum Gasteiger partial charge on any atom is 0.344 e. The molecule has 1 aromatic heterocycles. The third kappa shape index (κ3) is 4.72. The Morgan fingerprint density at radius 1 is 1.56 bits per heavy atom. The Bertz CT molecular complexity index is 857. The van der Waals surface area contributed by atoms with Gasteiger partial charge in [-0.25, -0.2) is 9.89 Å². The number of H-pyrrole nitrogens is 1. The van der Waals surface area contributed by atoms with Gasteiger partial charge in [0, 0.05) is 6.61 Å². The van der Waals surface area contributed by atoms with Gasteiger partial charge in [0.05, 0.1) is 30.7 Å². The number of hydrogen-bond donors (Lipinski definition) is 2. The highest BCUT2D eigenvalue weighted by Crippen LogP contribution is 2.27. The van der Waals surface area contributed by atoms with E-state index in [1.165, 1.54) is 16.3 Å². The van der Waals surface area contributed by atoms with Crippen molar-refractivity contribution in [3.05, 3.63) is 34.2 Å². The summed E-state index contributed by atoms with van der Waals surface area (Å²) in [5.74, 6) is 0.407. The molecule has 3 rings (SSSR count). The zero-order chi connectivity index (χ0) is 19.4. The molecule has 146 valence electrons. The van der Waals surface area contributed by atoms with Crippen LogP contribution in [-0.4, -0.2) is 45.7 Å². The largest absolute Gasteiger partial charge is 0.495 e. The predicted octanol–water partition coefficient (Wildman–Crippen LogP) is 2.19.